The second kappa shape index (κ2) is 7.88. The van der Waals surface area contributed by atoms with E-state index in [1.54, 1.807) is 18.3 Å². The van der Waals surface area contributed by atoms with Gasteiger partial charge in [-0.1, -0.05) is 26.3 Å². The van der Waals surface area contributed by atoms with Gasteiger partial charge in [0.15, 0.2) is 5.82 Å². The molecule has 0 N–H and O–H groups in total. The van der Waals surface area contributed by atoms with Crippen LogP contribution in [0.5, 0.6) is 0 Å². The Hall–Kier alpha value is -3.09. The maximum absolute atomic E-state index is 13.6. The van der Waals surface area contributed by atoms with E-state index >= 15 is 0 Å². The van der Waals surface area contributed by atoms with Crippen molar-refractivity contribution in [1.82, 2.24) is 29.1 Å². The van der Waals surface area contributed by atoms with Gasteiger partial charge in [0.05, 0.1) is 23.8 Å². The van der Waals surface area contributed by atoms with Gasteiger partial charge in [0, 0.05) is 24.6 Å². The highest BCUT2D eigenvalue weighted by atomic mass is 19.1. The van der Waals surface area contributed by atoms with E-state index in [9.17, 15) is 4.39 Å². The van der Waals surface area contributed by atoms with Crippen LogP contribution in [-0.2, 0) is 19.5 Å². The summed E-state index contributed by atoms with van der Waals surface area (Å²) in [6.07, 6.45) is 8.50. The lowest BCUT2D eigenvalue weighted by atomic mass is 10.2. The minimum atomic E-state index is -0.514. The lowest BCUT2D eigenvalue weighted by Gasteiger charge is -2.10. The normalized spacial score (nSPS) is 11.4. The molecule has 0 saturated carbocycles. The van der Waals surface area contributed by atoms with Crippen molar-refractivity contribution in [1.29, 1.82) is 0 Å². The van der Waals surface area contributed by atoms with Crippen molar-refractivity contribution in [3.05, 3.63) is 60.3 Å². The number of hydrogen-bond donors (Lipinski definition) is 0. The van der Waals surface area contributed by atoms with Gasteiger partial charge in [-0.3, -0.25) is 4.98 Å². The highest BCUT2D eigenvalue weighted by Gasteiger charge is 2.15. The predicted molar refractivity (Wildman–Crippen MR) is 106 cm³/mol. The highest BCUT2D eigenvalue weighted by Crippen LogP contribution is 2.21. The number of aryl methyl sites for hydroxylation is 2. The Morgan fingerprint density at radius 2 is 1.96 bits per heavy atom. The SMILES string of the molecule is CCCc1cc2nc(Cn3ccnc3-c3cccc(F)n3)n(CCC)c2cn1. The van der Waals surface area contributed by atoms with Gasteiger partial charge >= 0.3 is 0 Å². The van der Waals surface area contributed by atoms with Crippen LogP contribution in [-0.4, -0.2) is 29.1 Å². The monoisotopic (exact) mass is 378 g/mol. The Kier molecular flexibility index (Phi) is 5.14. The first-order chi connectivity index (χ1) is 13.7. The molecular weight excluding hydrogens is 355 g/mol. The molecule has 0 aliphatic carbocycles. The Labute approximate surface area is 163 Å². The number of rotatable bonds is 7. The maximum atomic E-state index is 13.6. The van der Waals surface area contributed by atoms with Crippen LogP contribution in [0.1, 0.15) is 38.2 Å². The van der Waals surface area contributed by atoms with Gasteiger partial charge in [0.2, 0.25) is 5.95 Å². The van der Waals surface area contributed by atoms with Crippen molar-refractivity contribution in [3.63, 3.8) is 0 Å². The second-order valence-electron chi connectivity index (χ2n) is 6.82. The van der Waals surface area contributed by atoms with Crippen molar-refractivity contribution < 1.29 is 4.39 Å². The minimum Gasteiger partial charge on any atom is -0.325 e. The van der Waals surface area contributed by atoms with Gasteiger partial charge in [-0.2, -0.15) is 4.39 Å². The van der Waals surface area contributed by atoms with Crippen LogP contribution < -0.4 is 0 Å². The highest BCUT2D eigenvalue weighted by molar-refractivity contribution is 5.75. The summed E-state index contributed by atoms with van der Waals surface area (Å²) in [5.74, 6) is 1.04. The zero-order valence-electron chi connectivity index (χ0n) is 16.1. The van der Waals surface area contributed by atoms with Crippen LogP contribution in [0.25, 0.3) is 22.6 Å². The van der Waals surface area contributed by atoms with E-state index in [0.717, 1.165) is 48.4 Å². The fraction of sp³-hybridized carbons (Fsp3) is 0.333. The molecule has 4 heterocycles. The molecule has 0 unspecified atom stereocenters. The van der Waals surface area contributed by atoms with Gasteiger partial charge in [-0.25, -0.2) is 15.0 Å². The Balaban J connectivity index is 1.74. The molecule has 0 fully saturated rings. The molecule has 0 aliphatic rings. The zero-order valence-corrected chi connectivity index (χ0v) is 16.1. The van der Waals surface area contributed by atoms with E-state index < -0.39 is 5.95 Å². The molecule has 4 aromatic rings. The van der Waals surface area contributed by atoms with Crippen molar-refractivity contribution in [2.75, 3.05) is 0 Å². The molecule has 28 heavy (non-hydrogen) atoms. The molecule has 0 aliphatic heterocycles. The summed E-state index contributed by atoms with van der Waals surface area (Å²) in [6, 6.07) is 6.82. The predicted octanol–water partition coefficient (Wildman–Crippen LogP) is 4.24. The van der Waals surface area contributed by atoms with Crippen molar-refractivity contribution in [2.45, 2.75) is 46.2 Å². The number of nitrogens with zero attached hydrogens (tertiary/aromatic N) is 6. The third-order valence-corrected chi connectivity index (χ3v) is 4.70. The standard InChI is InChI=1S/C21H23FN6/c1-3-6-15-12-17-18(13-24-15)28(10-4-2)20(26-17)14-27-11-9-23-21(27)16-7-5-8-19(22)25-16/h5,7-9,11-13H,3-4,6,10,14H2,1-2H3. The van der Waals surface area contributed by atoms with Crippen LogP contribution in [0, 0.1) is 5.95 Å². The summed E-state index contributed by atoms with van der Waals surface area (Å²) in [5, 5.41) is 0. The summed E-state index contributed by atoms with van der Waals surface area (Å²) in [5.41, 5.74) is 3.58. The van der Waals surface area contributed by atoms with E-state index in [-0.39, 0.29) is 0 Å². The molecule has 6 nitrogen and oxygen atoms in total. The molecule has 0 atom stereocenters. The molecule has 7 heteroatoms. The van der Waals surface area contributed by atoms with Crippen molar-refractivity contribution in [2.24, 2.45) is 0 Å². The molecule has 144 valence electrons. The van der Waals surface area contributed by atoms with Crippen molar-refractivity contribution >= 4 is 11.0 Å². The smallest absolute Gasteiger partial charge is 0.213 e. The van der Waals surface area contributed by atoms with E-state index in [1.165, 1.54) is 6.07 Å². The number of hydrogen-bond acceptors (Lipinski definition) is 4. The summed E-state index contributed by atoms with van der Waals surface area (Å²) in [6.45, 7) is 5.69. The third-order valence-electron chi connectivity index (χ3n) is 4.70. The molecule has 0 aromatic carbocycles. The molecule has 0 radical (unpaired) electrons. The number of imidazole rings is 2. The van der Waals surface area contributed by atoms with Gasteiger partial charge in [-0.15, -0.1) is 0 Å². The number of fused-ring (bicyclic) bond motifs is 1. The first kappa shape index (κ1) is 18.3. The Morgan fingerprint density at radius 1 is 1.07 bits per heavy atom. The summed E-state index contributed by atoms with van der Waals surface area (Å²) in [7, 11) is 0. The van der Waals surface area contributed by atoms with E-state index in [4.69, 9.17) is 4.98 Å². The summed E-state index contributed by atoms with van der Waals surface area (Å²) < 4.78 is 17.7. The van der Waals surface area contributed by atoms with Crippen LogP contribution in [0.15, 0.2) is 42.9 Å². The van der Waals surface area contributed by atoms with E-state index in [2.05, 4.69) is 39.4 Å². The van der Waals surface area contributed by atoms with E-state index in [0.29, 0.717) is 18.1 Å². The fourth-order valence-corrected chi connectivity index (χ4v) is 3.46. The van der Waals surface area contributed by atoms with Gasteiger partial charge in [0.1, 0.15) is 11.5 Å². The summed E-state index contributed by atoms with van der Waals surface area (Å²) in [4.78, 5) is 17.8. The number of aromatic nitrogens is 6. The number of pyridine rings is 2. The molecule has 0 amide bonds. The third kappa shape index (κ3) is 3.52. The van der Waals surface area contributed by atoms with Crippen LogP contribution >= 0.6 is 0 Å². The van der Waals surface area contributed by atoms with Crippen LogP contribution in [0.3, 0.4) is 0 Å². The number of halogens is 1. The Bertz CT molecular complexity index is 1100. The minimum absolute atomic E-state index is 0.509. The van der Waals surface area contributed by atoms with Gasteiger partial charge < -0.3 is 9.13 Å². The molecule has 0 saturated heterocycles. The average Bonchev–Trinajstić information content (AvgIpc) is 3.27. The molecule has 0 spiro atoms. The first-order valence-corrected chi connectivity index (χ1v) is 9.67. The molecular formula is C21H23FN6. The maximum Gasteiger partial charge on any atom is 0.213 e. The lowest BCUT2D eigenvalue weighted by molar-refractivity contribution is 0.583. The fourth-order valence-electron chi connectivity index (χ4n) is 3.46. The quantitative estimate of drug-likeness (QED) is 0.451. The molecule has 4 aromatic heterocycles. The average molecular weight is 378 g/mol. The van der Waals surface area contributed by atoms with E-state index in [1.807, 2.05) is 17.0 Å². The topological polar surface area (TPSA) is 61.4 Å². The van der Waals surface area contributed by atoms with Gasteiger partial charge in [0.25, 0.3) is 0 Å². The Morgan fingerprint density at radius 3 is 2.75 bits per heavy atom. The van der Waals surface area contributed by atoms with Crippen LogP contribution in [0.2, 0.25) is 0 Å². The van der Waals surface area contributed by atoms with Crippen LogP contribution in [0.4, 0.5) is 4.39 Å². The summed E-state index contributed by atoms with van der Waals surface area (Å²) >= 11 is 0. The largest absolute Gasteiger partial charge is 0.325 e. The second-order valence-corrected chi connectivity index (χ2v) is 6.82. The lowest BCUT2D eigenvalue weighted by Crippen LogP contribution is -2.10. The first-order valence-electron chi connectivity index (χ1n) is 9.67. The molecule has 0 bridgehead atoms. The van der Waals surface area contributed by atoms with Crippen molar-refractivity contribution in [3.8, 4) is 11.5 Å². The molecule has 4 rings (SSSR count). The van der Waals surface area contributed by atoms with Gasteiger partial charge in [-0.05, 0) is 31.0 Å². The zero-order chi connectivity index (χ0) is 19.5.